The standard InChI is InChI=1S/2C19H27N7O2/c2*1-4-13-8-14(9-13)10-25-11-20-17(23-25)18(27)21-15-5-6-26-16(7-12(2)22-26)24(3)19(15)28/h2*7,11,13-15H,4-6,8-10H2,1-3H3,(H,21,27)/t2*13?,14?,15-/m00/s1. The van der Waals surface area contributed by atoms with Crippen LogP contribution in [0.5, 0.6) is 0 Å². The lowest BCUT2D eigenvalue weighted by molar-refractivity contribution is -0.120. The number of aryl methyl sites for hydroxylation is 4. The third-order valence-corrected chi connectivity index (χ3v) is 11.8. The number of anilines is 2. The van der Waals surface area contributed by atoms with Crippen molar-refractivity contribution >= 4 is 35.3 Å². The van der Waals surface area contributed by atoms with Crippen molar-refractivity contribution in [3.8, 4) is 0 Å². The average molecular weight is 771 g/mol. The Kier molecular flexibility index (Phi) is 11.3. The highest BCUT2D eigenvalue weighted by molar-refractivity contribution is 6.01. The first-order valence-corrected chi connectivity index (χ1v) is 19.9. The molecule has 0 aromatic carbocycles. The Balaban J connectivity index is 0.000000172. The molecule has 4 amide bonds. The SMILES string of the molecule is CCC1CC(Cn2cnc(C(=O)N[C@H]3CCn4nc(C)cc4N(C)C3=O)n2)C1.CCC1CC(Cn2cnc(C(=O)N[C@H]3CCn4nc(C)cc4N(C)C3=O)n2)C1. The van der Waals surface area contributed by atoms with E-state index in [0.717, 1.165) is 47.9 Å². The molecule has 56 heavy (non-hydrogen) atoms. The summed E-state index contributed by atoms with van der Waals surface area (Å²) in [5, 5.41) is 23.0. The van der Waals surface area contributed by atoms with E-state index in [0.29, 0.717) is 37.8 Å². The number of likely N-dealkylation sites (N-methyl/N-ethyl adjacent to an activating group) is 2. The van der Waals surface area contributed by atoms with Gasteiger partial charge in [0, 0.05) is 52.4 Å². The zero-order valence-corrected chi connectivity index (χ0v) is 33.3. The van der Waals surface area contributed by atoms with E-state index in [1.807, 2.05) is 26.0 Å². The Labute approximate surface area is 326 Å². The third kappa shape index (κ3) is 8.38. The second-order valence-electron chi connectivity index (χ2n) is 16.0. The molecule has 6 heterocycles. The van der Waals surface area contributed by atoms with Gasteiger partial charge in [0.2, 0.25) is 11.6 Å². The van der Waals surface area contributed by atoms with Crippen LogP contribution in [0, 0.1) is 37.5 Å². The third-order valence-electron chi connectivity index (χ3n) is 11.8. The molecule has 4 aromatic rings. The number of nitrogens with one attached hydrogen (secondary N) is 2. The van der Waals surface area contributed by atoms with Gasteiger partial charge in [-0.15, -0.1) is 10.2 Å². The first kappa shape index (κ1) is 38.8. The molecule has 2 fully saturated rings. The largest absolute Gasteiger partial charge is 0.337 e. The molecule has 2 saturated carbocycles. The number of carbonyl (C=O) groups excluding carboxylic acids is 4. The van der Waals surface area contributed by atoms with E-state index in [2.05, 4.69) is 54.8 Å². The summed E-state index contributed by atoms with van der Waals surface area (Å²) >= 11 is 0. The first-order chi connectivity index (χ1) is 26.9. The lowest BCUT2D eigenvalue weighted by Gasteiger charge is -2.34. The smallest absolute Gasteiger partial charge is 0.291 e. The highest BCUT2D eigenvalue weighted by atomic mass is 16.2. The van der Waals surface area contributed by atoms with Crippen molar-refractivity contribution in [2.75, 3.05) is 23.9 Å². The van der Waals surface area contributed by atoms with Crippen LogP contribution in [0.2, 0.25) is 0 Å². The highest BCUT2D eigenvalue weighted by Gasteiger charge is 2.34. The molecule has 4 aliphatic rings. The van der Waals surface area contributed by atoms with E-state index >= 15 is 0 Å². The number of carbonyl (C=O) groups is 4. The van der Waals surface area contributed by atoms with Gasteiger partial charge in [-0.3, -0.25) is 38.3 Å². The van der Waals surface area contributed by atoms with Crippen molar-refractivity contribution < 1.29 is 19.2 Å². The summed E-state index contributed by atoms with van der Waals surface area (Å²) in [6.45, 7) is 10.9. The lowest BCUT2D eigenvalue weighted by Crippen LogP contribution is -2.47. The Morgan fingerprint density at radius 2 is 1.04 bits per heavy atom. The fourth-order valence-electron chi connectivity index (χ4n) is 8.30. The van der Waals surface area contributed by atoms with E-state index in [1.165, 1.54) is 38.5 Å². The van der Waals surface area contributed by atoms with Crippen LogP contribution in [0.3, 0.4) is 0 Å². The molecule has 18 heteroatoms. The molecule has 2 N–H and O–H groups in total. The molecular formula is C38H54N14O4. The molecule has 2 aliphatic carbocycles. The number of hydrogen-bond donors (Lipinski definition) is 2. The van der Waals surface area contributed by atoms with Gasteiger partial charge in [0.15, 0.2) is 0 Å². The van der Waals surface area contributed by atoms with E-state index in [9.17, 15) is 19.2 Å². The summed E-state index contributed by atoms with van der Waals surface area (Å²) in [4.78, 5) is 62.1. The maximum atomic E-state index is 12.8. The van der Waals surface area contributed by atoms with Crippen LogP contribution in [-0.4, -0.2) is 98.9 Å². The van der Waals surface area contributed by atoms with Gasteiger partial charge >= 0.3 is 0 Å². The van der Waals surface area contributed by atoms with Gasteiger partial charge in [-0.05, 0) is 76.0 Å². The minimum absolute atomic E-state index is 0.111. The molecule has 0 bridgehead atoms. The fourth-order valence-corrected chi connectivity index (χ4v) is 8.30. The molecule has 0 radical (unpaired) electrons. The van der Waals surface area contributed by atoms with E-state index in [1.54, 1.807) is 55.3 Å². The molecule has 300 valence electrons. The summed E-state index contributed by atoms with van der Waals surface area (Å²) in [6.07, 6.45) is 11.5. The number of amides is 4. The quantitative estimate of drug-likeness (QED) is 0.242. The van der Waals surface area contributed by atoms with Crippen LogP contribution in [0.1, 0.15) is 97.8 Å². The van der Waals surface area contributed by atoms with Crippen molar-refractivity contribution in [1.82, 2.24) is 59.7 Å². The Morgan fingerprint density at radius 1 is 0.643 bits per heavy atom. The predicted octanol–water partition coefficient (Wildman–Crippen LogP) is 2.77. The lowest BCUT2D eigenvalue weighted by atomic mass is 9.74. The average Bonchev–Trinajstić information content (AvgIpc) is 3.95. The number of hydrogen-bond acceptors (Lipinski definition) is 10. The zero-order chi connectivity index (χ0) is 39.7. The Morgan fingerprint density at radius 3 is 1.41 bits per heavy atom. The van der Waals surface area contributed by atoms with Crippen molar-refractivity contribution in [2.45, 2.75) is 117 Å². The molecule has 0 saturated heterocycles. The molecule has 2 atom stereocenters. The van der Waals surface area contributed by atoms with E-state index in [-0.39, 0.29) is 23.5 Å². The van der Waals surface area contributed by atoms with Crippen LogP contribution in [-0.2, 0) is 35.8 Å². The van der Waals surface area contributed by atoms with Crippen LogP contribution < -0.4 is 20.4 Å². The van der Waals surface area contributed by atoms with Gasteiger partial charge in [0.1, 0.15) is 36.4 Å². The van der Waals surface area contributed by atoms with Crippen LogP contribution in [0.25, 0.3) is 0 Å². The summed E-state index contributed by atoms with van der Waals surface area (Å²) in [7, 11) is 3.41. The molecular weight excluding hydrogens is 717 g/mol. The maximum absolute atomic E-state index is 12.8. The zero-order valence-electron chi connectivity index (χ0n) is 33.3. The number of aromatic nitrogens is 10. The maximum Gasteiger partial charge on any atom is 0.291 e. The van der Waals surface area contributed by atoms with Crippen molar-refractivity contribution in [1.29, 1.82) is 0 Å². The summed E-state index contributed by atoms with van der Waals surface area (Å²) in [5.41, 5.74) is 1.73. The predicted molar refractivity (Wildman–Crippen MR) is 206 cm³/mol. The highest BCUT2D eigenvalue weighted by Crippen LogP contribution is 2.37. The van der Waals surface area contributed by atoms with E-state index < -0.39 is 23.9 Å². The molecule has 2 aliphatic heterocycles. The van der Waals surface area contributed by atoms with Gasteiger partial charge in [-0.2, -0.15) is 10.2 Å². The molecule has 0 unspecified atom stereocenters. The van der Waals surface area contributed by atoms with Crippen molar-refractivity contribution in [3.05, 3.63) is 47.8 Å². The van der Waals surface area contributed by atoms with Crippen LogP contribution in [0.15, 0.2) is 24.8 Å². The first-order valence-electron chi connectivity index (χ1n) is 19.9. The van der Waals surface area contributed by atoms with Crippen molar-refractivity contribution in [2.24, 2.45) is 23.7 Å². The Bertz CT molecular complexity index is 1910. The number of nitrogens with zero attached hydrogens (tertiary/aromatic N) is 12. The van der Waals surface area contributed by atoms with Gasteiger partial charge in [-0.1, -0.05) is 26.7 Å². The molecule has 4 aromatic heterocycles. The second-order valence-corrected chi connectivity index (χ2v) is 16.0. The van der Waals surface area contributed by atoms with Gasteiger partial charge in [0.25, 0.3) is 23.6 Å². The molecule has 8 rings (SSSR count). The second kappa shape index (κ2) is 16.4. The van der Waals surface area contributed by atoms with Crippen LogP contribution in [0.4, 0.5) is 11.6 Å². The van der Waals surface area contributed by atoms with Gasteiger partial charge < -0.3 is 10.6 Å². The van der Waals surface area contributed by atoms with E-state index in [4.69, 9.17) is 0 Å². The monoisotopic (exact) mass is 770 g/mol. The van der Waals surface area contributed by atoms with Gasteiger partial charge in [0.05, 0.1) is 11.4 Å². The fraction of sp³-hybridized carbons (Fsp3) is 0.632. The summed E-state index contributed by atoms with van der Waals surface area (Å²) in [6, 6.07) is 2.50. The summed E-state index contributed by atoms with van der Waals surface area (Å²) in [5.74, 6) is 3.44. The minimum Gasteiger partial charge on any atom is -0.337 e. The molecule has 0 spiro atoms. The normalized spacial score (nSPS) is 24.5. The molecule has 18 nitrogen and oxygen atoms in total. The minimum atomic E-state index is -0.622. The number of fused-ring (bicyclic) bond motifs is 2. The van der Waals surface area contributed by atoms with Crippen molar-refractivity contribution in [3.63, 3.8) is 0 Å². The summed E-state index contributed by atoms with van der Waals surface area (Å²) < 4.78 is 7.08. The topological polar surface area (TPSA) is 196 Å². The Hall–Kier alpha value is -5.42. The number of rotatable bonds is 10. The van der Waals surface area contributed by atoms with Gasteiger partial charge in [-0.25, -0.2) is 19.3 Å². The van der Waals surface area contributed by atoms with Crippen LogP contribution >= 0.6 is 0 Å².